The first kappa shape index (κ1) is 30.6. The Morgan fingerprint density at radius 1 is 1.15 bits per heavy atom. The molecule has 0 amide bonds. The number of rotatable bonds is 9. The Balaban J connectivity index is 2.28. The van der Waals surface area contributed by atoms with Crippen LogP contribution in [-0.2, 0) is 31.7 Å². The molecule has 0 spiro atoms. The Bertz CT molecular complexity index is 1440. The third-order valence-electron chi connectivity index (χ3n) is 5.95. The maximum atomic E-state index is 15.3. The lowest BCUT2D eigenvalue weighted by atomic mass is 9.77. The Morgan fingerprint density at radius 2 is 1.82 bits per heavy atom. The van der Waals surface area contributed by atoms with E-state index in [1.165, 1.54) is 13.0 Å². The van der Waals surface area contributed by atoms with E-state index in [4.69, 9.17) is 22.1 Å². The van der Waals surface area contributed by atoms with Gasteiger partial charge in [-0.05, 0) is 38.3 Å². The maximum absolute atomic E-state index is 15.3. The molecule has 1 aliphatic rings. The fourth-order valence-electron chi connectivity index (χ4n) is 4.44. The third-order valence-corrected chi connectivity index (χ3v) is 6.26. The summed E-state index contributed by atoms with van der Waals surface area (Å²) in [4.78, 5) is 44.0. The monoisotopic (exact) mass is 590 g/mol. The highest BCUT2D eigenvalue weighted by molar-refractivity contribution is 6.31. The van der Waals surface area contributed by atoms with E-state index in [0.717, 1.165) is 7.11 Å². The first-order valence-electron chi connectivity index (χ1n) is 11.8. The molecule has 40 heavy (non-hydrogen) atoms. The first-order chi connectivity index (χ1) is 18.8. The van der Waals surface area contributed by atoms with E-state index in [-0.39, 0.29) is 43.2 Å². The van der Waals surface area contributed by atoms with Crippen molar-refractivity contribution >= 4 is 29.5 Å². The number of aromatic nitrogens is 2. The highest BCUT2D eigenvalue weighted by atomic mass is 35.5. The van der Waals surface area contributed by atoms with Gasteiger partial charge < -0.3 is 20.5 Å². The molecule has 2 aromatic rings. The number of nitrogens with zero attached hydrogens (tertiary/aromatic N) is 1. The molecule has 0 fully saturated rings. The van der Waals surface area contributed by atoms with Crippen molar-refractivity contribution in [2.75, 3.05) is 26.1 Å². The predicted octanol–water partition coefficient (Wildman–Crippen LogP) is 4.09. The summed E-state index contributed by atoms with van der Waals surface area (Å²) in [6, 6.07) is 2.49. The van der Waals surface area contributed by atoms with Gasteiger partial charge in [-0.1, -0.05) is 11.6 Å². The summed E-state index contributed by atoms with van der Waals surface area (Å²) in [5.74, 6) is -6.18. The number of carbonyl (C=O) groups is 2. The van der Waals surface area contributed by atoms with Crippen molar-refractivity contribution < 1.29 is 41.0 Å². The molecule has 1 aromatic heterocycles. The van der Waals surface area contributed by atoms with Gasteiger partial charge in [-0.3, -0.25) is 9.78 Å². The number of dihydropyridines is 1. The van der Waals surface area contributed by atoms with E-state index < -0.39 is 75.1 Å². The zero-order valence-electron chi connectivity index (χ0n) is 21.2. The number of hydrogen-bond acceptors (Lipinski definition) is 8. The lowest BCUT2D eigenvalue weighted by Crippen LogP contribution is -2.36. The largest absolute Gasteiger partial charge is 0.466 e. The number of alkyl halides is 4. The van der Waals surface area contributed by atoms with Crippen LogP contribution in [0.1, 0.15) is 42.5 Å². The number of aryl methyl sites for hydroxylation is 1. The van der Waals surface area contributed by atoms with Crippen LogP contribution in [0, 0.1) is 5.82 Å². The summed E-state index contributed by atoms with van der Waals surface area (Å²) in [6.07, 6.45) is -5.15. The maximum Gasteiger partial charge on any atom is 0.418 e. The van der Waals surface area contributed by atoms with Crippen LogP contribution in [0.5, 0.6) is 0 Å². The van der Waals surface area contributed by atoms with Crippen molar-refractivity contribution in [3.8, 4) is 0 Å². The molecule has 9 nitrogen and oxygen atoms in total. The van der Waals surface area contributed by atoms with Gasteiger partial charge in [0.15, 0.2) is 0 Å². The van der Waals surface area contributed by atoms with Crippen molar-refractivity contribution in [1.29, 1.82) is 0 Å². The number of aromatic amines is 1. The molecule has 15 heteroatoms. The van der Waals surface area contributed by atoms with Crippen LogP contribution in [0.25, 0.3) is 0 Å². The van der Waals surface area contributed by atoms with Crippen molar-refractivity contribution in [2.45, 2.75) is 38.3 Å². The highest BCUT2D eigenvalue weighted by Gasteiger charge is 2.47. The average Bonchev–Trinajstić information content (AvgIpc) is 2.87. The number of carbonyl (C=O) groups excluding carboxylic acids is 2. The minimum absolute atomic E-state index is 0.109. The number of ether oxygens (including phenoxy) is 2. The molecular weight excluding hydrogens is 567 g/mol. The third kappa shape index (κ3) is 6.43. The quantitative estimate of drug-likeness (QED) is 0.294. The molecule has 4 N–H and O–H groups in total. The molecule has 2 heterocycles. The standard InChI is InChI=1S/C25H24ClF5N4O5/c1-3-40-23(38)18-14(6-4-5-11-9-16(36)35-24(32)33-11)34-15(10-27)19(22(37)39-2)20(18)17-13(28)8-7-12(26)21(17)25(29,30)31/h7-9,20,34H,3-6,10H2,1-2H3,(H3,32,33,35,36). The first-order valence-corrected chi connectivity index (χ1v) is 12.2. The molecule has 216 valence electrons. The summed E-state index contributed by atoms with van der Waals surface area (Å²) in [7, 11) is 0.894. The van der Waals surface area contributed by atoms with Crippen LogP contribution in [-0.4, -0.2) is 42.3 Å². The number of nitrogen functional groups attached to an aromatic ring is 1. The normalized spacial score (nSPS) is 15.7. The molecule has 0 saturated heterocycles. The zero-order valence-corrected chi connectivity index (χ0v) is 21.9. The summed E-state index contributed by atoms with van der Waals surface area (Å²) in [5, 5.41) is 1.69. The van der Waals surface area contributed by atoms with Gasteiger partial charge in [-0.15, -0.1) is 0 Å². The smallest absolute Gasteiger partial charge is 0.418 e. The summed E-state index contributed by atoms with van der Waals surface area (Å²) >= 11 is 5.85. The molecule has 1 unspecified atom stereocenters. The Hall–Kier alpha value is -3.94. The number of anilines is 1. The van der Waals surface area contributed by atoms with Crippen LogP contribution in [0.2, 0.25) is 5.02 Å². The Morgan fingerprint density at radius 3 is 2.40 bits per heavy atom. The van der Waals surface area contributed by atoms with Gasteiger partial charge in [0.25, 0.3) is 5.56 Å². The Kier molecular flexibility index (Phi) is 9.56. The molecule has 1 aromatic carbocycles. The SMILES string of the molecule is CCOC(=O)C1=C(CCCc2cc(=O)[nH]c(N)n2)NC(CF)=C(C(=O)OC)C1c1c(F)ccc(Cl)c1C(F)(F)F. The van der Waals surface area contributed by atoms with Crippen LogP contribution in [0.15, 0.2) is 45.5 Å². The number of halogens is 6. The number of H-pyrrole nitrogens is 1. The van der Waals surface area contributed by atoms with Crippen molar-refractivity contribution in [3.63, 3.8) is 0 Å². The van der Waals surface area contributed by atoms with Gasteiger partial charge in [-0.25, -0.2) is 23.4 Å². The molecule has 0 radical (unpaired) electrons. The number of esters is 2. The number of methoxy groups -OCH3 is 1. The Labute approximate surface area is 229 Å². The van der Waals surface area contributed by atoms with E-state index >= 15 is 4.39 Å². The highest BCUT2D eigenvalue weighted by Crippen LogP contribution is 2.48. The van der Waals surface area contributed by atoms with Gasteiger partial charge in [0, 0.05) is 23.0 Å². The van der Waals surface area contributed by atoms with E-state index in [2.05, 4.69) is 20.0 Å². The van der Waals surface area contributed by atoms with Crippen LogP contribution in [0.4, 0.5) is 27.9 Å². The number of nitrogens with one attached hydrogen (secondary N) is 2. The topological polar surface area (TPSA) is 136 Å². The van der Waals surface area contributed by atoms with Gasteiger partial charge in [-0.2, -0.15) is 13.2 Å². The van der Waals surface area contributed by atoms with Crippen LogP contribution in [0.3, 0.4) is 0 Å². The predicted molar refractivity (Wildman–Crippen MR) is 133 cm³/mol. The molecule has 0 aliphatic carbocycles. The zero-order chi connectivity index (χ0) is 29.8. The minimum atomic E-state index is -5.23. The van der Waals surface area contributed by atoms with Crippen molar-refractivity contribution in [2.24, 2.45) is 0 Å². The second-order valence-electron chi connectivity index (χ2n) is 8.48. The number of hydrogen-bond donors (Lipinski definition) is 3. The molecule has 1 atom stereocenters. The number of nitrogens with two attached hydrogens (primary N) is 1. The fourth-order valence-corrected chi connectivity index (χ4v) is 4.71. The second-order valence-corrected chi connectivity index (χ2v) is 8.89. The van der Waals surface area contributed by atoms with E-state index in [0.29, 0.717) is 12.1 Å². The molecule has 0 saturated carbocycles. The lowest BCUT2D eigenvalue weighted by Gasteiger charge is -2.33. The van der Waals surface area contributed by atoms with Crippen LogP contribution >= 0.6 is 11.6 Å². The van der Waals surface area contributed by atoms with Crippen molar-refractivity contribution in [1.82, 2.24) is 15.3 Å². The summed E-state index contributed by atoms with van der Waals surface area (Å²) < 4.78 is 82.0. The van der Waals surface area contributed by atoms with Crippen molar-refractivity contribution in [3.05, 3.63) is 78.8 Å². The van der Waals surface area contributed by atoms with E-state index in [1.54, 1.807) is 0 Å². The number of allylic oxidation sites excluding steroid dienone is 2. The van der Waals surface area contributed by atoms with E-state index in [9.17, 15) is 31.9 Å². The second kappa shape index (κ2) is 12.5. The number of benzene rings is 1. The lowest BCUT2D eigenvalue weighted by molar-refractivity contribution is -0.141. The summed E-state index contributed by atoms with van der Waals surface area (Å²) in [6.45, 7) is -0.205. The average molecular weight is 591 g/mol. The molecule has 0 bridgehead atoms. The van der Waals surface area contributed by atoms with Gasteiger partial charge in [0.1, 0.15) is 12.5 Å². The minimum Gasteiger partial charge on any atom is -0.466 e. The van der Waals surface area contributed by atoms with Gasteiger partial charge in [0.2, 0.25) is 5.95 Å². The molecular formula is C25H24ClF5N4O5. The molecule has 3 rings (SSSR count). The van der Waals surface area contributed by atoms with Gasteiger partial charge >= 0.3 is 18.1 Å². The molecule has 1 aliphatic heterocycles. The summed E-state index contributed by atoms with van der Waals surface area (Å²) in [5.41, 5.74) is 0.480. The van der Waals surface area contributed by atoms with Crippen LogP contribution < -0.4 is 16.6 Å². The fraction of sp³-hybridized carbons (Fsp3) is 0.360. The van der Waals surface area contributed by atoms with E-state index in [1.807, 2.05) is 0 Å². The van der Waals surface area contributed by atoms with Gasteiger partial charge in [0.05, 0.1) is 47.1 Å².